The highest BCUT2D eigenvalue weighted by molar-refractivity contribution is 7.16. The number of carbonyl (C=O) groups excluding carboxylic acids is 1. The number of aromatic nitrogens is 1. The fourth-order valence-corrected chi connectivity index (χ4v) is 2.31. The lowest BCUT2D eigenvalue weighted by Crippen LogP contribution is -2.38. The SMILES string of the molecule is CC(C)NC(=O)CN(C)c1nc(Cl)c(CO)s1. The first-order chi connectivity index (χ1) is 7.93. The van der Waals surface area contributed by atoms with E-state index in [0.29, 0.717) is 15.2 Å². The van der Waals surface area contributed by atoms with Crippen LogP contribution in [0, 0.1) is 0 Å². The van der Waals surface area contributed by atoms with Crippen LogP contribution in [0.4, 0.5) is 5.13 Å². The van der Waals surface area contributed by atoms with Crippen molar-refractivity contribution in [1.82, 2.24) is 10.3 Å². The Morgan fingerprint density at radius 2 is 2.29 bits per heavy atom. The number of amides is 1. The molecule has 0 fully saturated rings. The minimum absolute atomic E-state index is 0.0700. The Hall–Kier alpha value is -0.850. The molecule has 1 amide bonds. The van der Waals surface area contributed by atoms with Gasteiger partial charge >= 0.3 is 0 Å². The highest BCUT2D eigenvalue weighted by Gasteiger charge is 2.14. The van der Waals surface area contributed by atoms with Gasteiger partial charge in [0.1, 0.15) is 5.15 Å². The predicted molar refractivity (Wildman–Crippen MR) is 69.6 cm³/mol. The van der Waals surface area contributed by atoms with Crippen LogP contribution in [0.3, 0.4) is 0 Å². The molecule has 0 aliphatic heterocycles. The number of halogens is 1. The van der Waals surface area contributed by atoms with Crippen molar-refractivity contribution in [3.63, 3.8) is 0 Å². The Kier molecular flexibility index (Phi) is 5.17. The molecule has 0 aliphatic rings. The molecule has 0 bridgehead atoms. The summed E-state index contributed by atoms with van der Waals surface area (Å²) in [4.78, 5) is 17.9. The monoisotopic (exact) mass is 277 g/mol. The summed E-state index contributed by atoms with van der Waals surface area (Å²) in [5, 5.41) is 12.7. The third-order valence-electron chi connectivity index (χ3n) is 1.94. The average molecular weight is 278 g/mol. The van der Waals surface area contributed by atoms with Crippen molar-refractivity contribution < 1.29 is 9.90 Å². The number of rotatable bonds is 5. The fraction of sp³-hybridized carbons (Fsp3) is 0.600. The number of carbonyl (C=O) groups is 1. The number of likely N-dealkylation sites (N-methyl/N-ethyl adjacent to an activating group) is 1. The van der Waals surface area contributed by atoms with Gasteiger partial charge in [0.05, 0.1) is 18.0 Å². The molecule has 0 saturated carbocycles. The van der Waals surface area contributed by atoms with Crippen molar-refractivity contribution in [2.45, 2.75) is 26.5 Å². The van der Waals surface area contributed by atoms with E-state index in [2.05, 4.69) is 10.3 Å². The van der Waals surface area contributed by atoms with E-state index < -0.39 is 0 Å². The Bertz CT molecular complexity index is 395. The van der Waals surface area contributed by atoms with E-state index in [1.54, 1.807) is 11.9 Å². The molecule has 0 spiro atoms. The Balaban J connectivity index is 2.63. The zero-order valence-corrected chi connectivity index (χ0v) is 11.6. The summed E-state index contributed by atoms with van der Waals surface area (Å²) in [6, 6.07) is 0.115. The standard InChI is InChI=1S/C10H16ClN3O2S/c1-6(2)12-8(16)4-14(3)10-13-9(11)7(5-15)17-10/h6,15H,4-5H2,1-3H3,(H,12,16). The molecule has 0 unspecified atom stereocenters. The number of thiazole rings is 1. The van der Waals surface area contributed by atoms with Crippen LogP contribution in [0.5, 0.6) is 0 Å². The second-order valence-electron chi connectivity index (χ2n) is 3.95. The number of aliphatic hydroxyl groups excluding tert-OH is 1. The zero-order valence-electron chi connectivity index (χ0n) is 10.0. The van der Waals surface area contributed by atoms with E-state index >= 15 is 0 Å². The van der Waals surface area contributed by atoms with Crippen molar-refractivity contribution in [2.24, 2.45) is 0 Å². The van der Waals surface area contributed by atoms with Crippen molar-refractivity contribution in [3.8, 4) is 0 Å². The summed E-state index contributed by atoms with van der Waals surface area (Å²) in [7, 11) is 1.76. The summed E-state index contributed by atoms with van der Waals surface area (Å²) >= 11 is 7.10. The maximum atomic E-state index is 11.5. The molecule has 1 rings (SSSR count). The minimum Gasteiger partial charge on any atom is -0.391 e. The molecule has 96 valence electrons. The lowest BCUT2D eigenvalue weighted by Gasteiger charge is -2.16. The Labute approximate surface area is 109 Å². The molecule has 0 atom stereocenters. The normalized spacial score (nSPS) is 10.7. The molecule has 1 aromatic heterocycles. The van der Waals surface area contributed by atoms with Crippen LogP contribution >= 0.6 is 22.9 Å². The molecule has 17 heavy (non-hydrogen) atoms. The van der Waals surface area contributed by atoms with Gasteiger partial charge in [0.2, 0.25) is 5.91 Å². The van der Waals surface area contributed by atoms with E-state index in [-0.39, 0.29) is 25.1 Å². The summed E-state index contributed by atoms with van der Waals surface area (Å²) in [5.74, 6) is -0.0700. The van der Waals surface area contributed by atoms with Crippen LogP contribution in [-0.2, 0) is 11.4 Å². The maximum Gasteiger partial charge on any atom is 0.239 e. The van der Waals surface area contributed by atoms with Gasteiger partial charge in [-0.15, -0.1) is 0 Å². The van der Waals surface area contributed by atoms with E-state index in [1.807, 2.05) is 13.8 Å². The van der Waals surface area contributed by atoms with Gasteiger partial charge in [-0.05, 0) is 13.8 Å². The second kappa shape index (κ2) is 6.18. The largest absolute Gasteiger partial charge is 0.391 e. The van der Waals surface area contributed by atoms with Crippen LogP contribution < -0.4 is 10.2 Å². The molecule has 0 aromatic carbocycles. The van der Waals surface area contributed by atoms with Gasteiger partial charge in [-0.2, -0.15) is 0 Å². The second-order valence-corrected chi connectivity index (χ2v) is 5.37. The van der Waals surface area contributed by atoms with Crippen LogP contribution in [0.25, 0.3) is 0 Å². The molecule has 5 nitrogen and oxygen atoms in total. The van der Waals surface area contributed by atoms with Gasteiger partial charge < -0.3 is 15.3 Å². The summed E-state index contributed by atoms with van der Waals surface area (Å²) in [6.45, 7) is 3.89. The number of nitrogens with zero attached hydrogens (tertiary/aromatic N) is 2. The van der Waals surface area contributed by atoms with Gasteiger partial charge in [-0.3, -0.25) is 4.79 Å². The van der Waals surface area contributed by atoms with Crippen LogP contribution in [-0.4, -0.2) is 35.6 Å². The first kappa shape index (κ1) is 14.2. The third-order valence-corrected chi connectivity index (χ3v) is 3.52. The summed E-state index contributed by atoms with van der Waals surface area (Å²) < 4.78 is 0. The molecule has 1 heterocycles. The molecular weight excluding hydrogens is 262 g/mol. The molecule has 0 saturated heterocycles. The minimum atomic E-state index is -0.136. The molecule has 0 radical (unpaired) electrons. The van der Waals surface area contributed by atoms with Crippen molar-refractivity contribution >= 4 is 34.0 Å². The van der Waals surface area contributed by atoms with Crippen LogP contribution in [0.1, 0.15) is 18.7 Å². The number of nitrogens with one attached hydrogen (secondary N) is 1. The van der Waals surface area contributed by atoms with Crippen molar-refractivity contribution in [2.75, 3.05) is 18.5 Å². The molecule has 1 aromatic rings. The third kappa shape index (κ3) is 4.14. The van der Waals surface area contributed by atoms with E-state index in [0.717, 1.165) is 0 Å². The number of hydrogen-bond acceptors (Lipinski definition) is 5. The quantitative estimate of drug-likeness (QED) is 0.850. The highest BCUT2D eigenvalue weighted by Crippen LogP contribution is 2.28. The van der Waals surface area contributed by atoms with Gasteiger partial charge in [0.15, 0.2) is 5.13 Å². The van der Waals surface area contributed by atoms with Crippen LogP contribution in [0.2, 0.25) is 5.15 Å². The lowest BCUT2D eigenvalue weighted by atomic mass is 10.4. The smallest absolute Gasteiger partial charge is 0.239 e. The molecule has 0 aliphatic carbocycles. The van der Waals surface area contributed by atoms with E-state index in [4.69, 9.17) is 16.7 Å². The fourth-order valence-electron chi connectivity index (χ4n) is 1.23. The molecular formula is C10H16ClN3O2S. The number of hydrogen-bond donors (Lipinski definition) is 2. The first-order valence-corrected chi connectivity index (χ1v) is 6.40. The summed E-state index contributed by atoms with van der Waals surface area (Å²) in [5.41, 5.74) is 0. The highest BCUT2D eigenvalue weighted by atomic mass is 35.5. The lowest BCUT2D eigenvalue weighted by molar-refractivity contribution is -0.120. The summed E-state index contributed by atoms with van der Waals surface area (Å²) in [6.07, 6.45) is 0. The van der Waals surface area contributed by atoms with E-state index in [1.165, 1.54) is 11.3 Å². The van der Waals surface area contributed by atoms with Gasteiger partial charge in [0, 0.05) is 13.1 Å². The Morgan fingerprint density at radius 1 is 1.65 bits per heavy atom. The zero-order chi connectivity index (χ0) is 13.0. The van der Waals surface area contributed by atoms with Crippen molar-refractivity contribution in [1.29, 1.82) is 0 Å². The van der Waals surface area contributed by atoms with Crippen molar-refractivity contribution in [3.05, 3.63) is 10.0 Å². The van der Waals surface area contributed by atoms with Gasteiger partial charge in [-0.1, -0.05) is 22.9 Å². The first-order valence-electron chi connectivity index (χ1n) is 5.20. The average Bonchev–Trinajstić information content (AvgIpc) is 2.58. The predicted octanol–water partition coefficient (Wildman–Crippen LogP) is 1.25. The number of aliphatic hydroxyl groups is 1. The molecule has 2 N–H and O–H groups in total. The molecule has 7 heteroatoms. The van der Waals surface area contributed by atoms with Gasteiger partial charge in [0.25, 0.3) is 0 Å². The Morgan fingerprint density at radius 3 is 2.76 bits per heavy atom. The van der Waals surface area contributed by atoms with Gasteiger partial charge in [-0.25, -0.2) is 4.98 Å². The maximum absolute atomic E-state index is 11.5. The van der Waals surface area contributed by atoms with Crippen LogP contribution in [0.15, 0.2) is 0 Å². The topological polar surface area (TPSA) is 65.5 Å². The van der Waals surface area contributed by atoms with E-state index in [9.17, 15) is 4.79 Å². The number of anilines is 1.